The van der Waals surface area contributed by atoms with Crippen LogP contribution in [0.5, 0.6) is 0 Å². The predicted octanol–water partition coefficient (Wildman–Crippen LogP) is 6.69. The van der Waals surface area contributed by atoms with E-state index in [9.17, 15) is 14.0 Å². The Hall–Kier alpha value is -4.10. The molecule has 37 heavy (non-hydrogen) atoms. The Morgan fingerprint density at radius 2 is 1.57 bits per heavy atom. The van der Waals surface area contributed by atoms with Crippen LogP contribution in [-0.2, 0) is 6.54 Å². The minimum atomic E-state index is -0.598. The van der Waals surface area contributed by atoms with E-state index in [-0.39, 0.29) is 18.0 Å². The number of hydrogen-bond donors (Lipinski definition) is 0. The van der Waals surface area contributed by atoms with E-state index in [0.29, 0.717) is 28.0 Å². The molecule has 1 heterocycles. The monoisotopic (exact) mass is 555 g/mol. The van der Waals surface area contributed by atoms with Crippen molar-refractivity contribution in [3.05, 3.63) is 141 Å². The van der Waals surface area contributed by atoms with Crippen LogP contribution in [0.2, 0.25) is 0 Å². The second-order valence-electron chi connectivity index (χ2n) is 8.71. The third-order valence-electron chi connectivity index (χ3n) is 6.28. The van der Waals surface area contributed by atoms with Crippen molar-refractivity contribution in [1.29, 1.82) is 0 Å². The highest BCUT2D eigenvalue weighted by Gasteiger charge is 2.28. The van der Waals surface area contributed by atoms with Crippen LogP contribution in [0.25, 0.3) is 16.6 Å². The molecule has 5 aromatic rings. The van der Waals surface area contributed by atoms with Crippen molar-refractivity contribution < 1.29 is 9.18 Å². The van der Waals surface area contributed by atoms with Crippen LogP contribution in [-0.4, -0.2) is 20.4 Å². The molecule has 0 N–H and O–H groups in total. The van der Waals surface area contributed by atoms with Gasteiger partial charge in [-0.15, -0.1) is 0 Å². The Labute approximate surface area is 222 Å². The van der Waals surface area contributed by atoms with Crippen molar-refractivity contribution in [1.82, 2.24) is 14.5 Å². The van der Waals surface area contributed by atoms with E-state index in [1.807, 2.05) is 67.6 Å². The van der Waals surface area contributed by atoms with Gasteiger partial charge >= 0.3 is 0 Å². The fourth-order valence-electron chi connectivity index (χ4n) is 4.33. The summed E-state index contributed by atoms with van der Waals surface area (Å²) >= 11 is 3.45. The Kier molecular flexibility index (Phi) is 6.97. The van der Waals surface area contributed by atoms with Crippen molar-refractivity contribution in [2.24, 2.45) is 0 Å². The molecule has 1 unspecified atom stereocenters. The first kappa shape index (κ1) is 24.6. The van der Waals surface area contributed by atoms with Crippen LogP contribution in [0.15, 0.2) is 112 Å². The summed E-state index contributed by atoms with van der Waals surface area (Å²) in [5.74, 6) is -0.280. The predicted molar refractivity (Wildman–Crippen MR) is 146 cm³/mol. The molecule has 5 rings (SSSR count). The van der Waals surface area contributed by atoms with Gasteiger partial charge in [-0.05, 0) is 73.2 Å². The number of fused-ring (bicyclic) bond motifs is 1. The molecule has 0 aliphatic rings. The average molecular weight is 556 g/mol. The van der Waals surface area contributed by atoms with Gasteiger partial charge in [0.25, 0.3) is 11.5 Å². The third-order valence-corrected chi connectivity index (χ3v) is 6.80. The molecule has 0 aliphatic heterocycles. The summed E-state index contributed by atoms with van der Waals surface area (Å²) in [5, 5.41) is 0.487. The van der Waals surface area contributed by atoms with E-state index < -0.39 is 11.9 Å². The van der Waals surface area contributed by atoms with Gasteiger partial charge in [-0.2, -0.15) is 0 Å². The number of halogens is 2. The summed E-state index contributed by atoms with van der Waals surface area (Å²) in [6.07, 6.45) is 0. The van der Waals surface area contributed by atoms with Crippen LogP contribution in [0.3, 0.4) is 0 Å². The zero-order chi connectivity index (χ0) is 25.9. The summed E-state index contributed by atoms with van der Waals surface area (Å²) in [7, 11) is 0. The maximum atomic E-state index is 13.8. The molecule has 0 aliphatic carbocycles. The summed E-state index contributed by atoms with van der Waals surface area (Å²) in [4.78, 5) is 34.1. The van der Waals surface area contributed by atoms with E-state index in [4.69, 9.17) is 4.98 Å². The number of carbonyl (C=O) groups excluding carboxylic acids is 1. The Balaban J connectivity index is 1.69. The molecule has 7 heteroatoms. The summed E-state index contributed by atoms with van der Waals surface area (Å²) in [6, 6.07) is 29.1. The minimum absolute atomic E-state index is 0.219. The topological polar surface area (TPSA) is 55.2 Å². The van der Waals surface area contributed by atoms with Gasteiger partial charge < -0.3 is 4.90 Å². The molecule has 0 fully saturated rings. The molecular formula is C30H23BrFN3O2. The van der Waals surface area contributed by atoms with E-state index in [1.54, 1.807) is 27.7 Å². The number of hydrogen-bond acceptors (Lipinski definition) is 3. The second-order valence-corrected chi connectivity index (χ2v) is 9.62. The standard InChI is InChI=1S/C30H23BrFN3O2/c1-20(34(19-21-7-3-2-4-8-21)29(36)22-11-15-24(32)16-12-22)28-33-27-10-6-5-9-26(27)30(37)35(28)25-17-13-23(31)14-18-25/h2-18,20H,19H2,1H3. The van der Waals surface area contributed by atoms with E-state index in [1.165, 1.54) is 24.3 Å². The van der Waals surface area contributed by atoms with Crippen LogP contribution in [0.4, 0.5) is 4.39 Å². The van der Waals surface area contributed by atoms with Crippen molar-refractivity contribution in [3.63, 3.8) is 0 Å². The number of benzene rings is 4. The maximum absolute atomic E-state index is 13.8. The van der Waals surface area contributed by atoms with Gasteiger partial charge in [-0.1, -0.05) is 58.4 Å². The van der Waals surface area contributed by atoms with Gasteiger partial charge in [0.1, 0.15) is 11.6 Å². The van der Waals surface area contributed by atoms with Crippen molar-refractivity contribution in [3.8, 4) is 5.69 Å². The molecule has 4 aromatic carbocycles. The molecule has 1 aromatic heterocycles. The highest BCUT2D eigenvalue weighted by atomic mass is 79.9. The highest BCUT2D eigenvalue weighted by molar-refractivity contribution is 9.10. The lowest BCUT2D eigenvalue weighted by atomic mass is 10.1. The van der Waals surface area contributed by atoms with Gasteiger partial charge in [-0.25, -0.2) is 9.37 Å². The first-order valence-electron chi connectivity index (χ1n) is 11.8. The third kappa shape index (κ3) is 5.08. The smallest absolute Gasteiger partial charge is 0.266 e. The minimum Gasteiger partial charge on any atom is -0.324 e. The SMILES string of the molecule is CC(c1nc2ccccc2c(=O)n1-c1ccc(Br)cc1)N(Cc1ccccc1)C(=O)c1ccc(F)cc1. The summed E-state index contributed by atoms with van der Waals surface area (Å²) < 4.78 is 16.1. The lowest BCUT2D eigenvalue weighted by Gasteiger charge is -2.31. The van der Waals surface area contributed by atoms with Gasteiger partial charge in [0.2, 0.25) is 0 Å². The zero-order valence-electron chi connectivity index (χ0n) is 20.0. The molecule has 0 spiro atoms. The Bertz CT molecular complexity index is 1620. The first-order valence-corrected chi connectivity index (χ1v) is 12.6. The number of nitrogens with zero attached hydrogens (tertiary/aromatic N) is 3. The van der Waals surface area contributed by atoms with Crippen molar-refractivity contribution in [2.75, 3.05) is 0 Å². The Morgan fingerprint density at radius 1 is 0.919 bits per heavy atom. The molecule has 0 bridgehead atoms. The number of amides is 1. The van der Waals surface area contributed by atoms with Crippen LogP contribution in [0.1, 0.15) is 34.7 Å². The zero-order valence-corrected chi connectivity index (χ0v) is 21.6. The summed E-state index contributed by atoms with van der Waals surface area (Å²) in [6.45, 7) is 2.14. The lowest BCUT2D eigenvalue weighted by molar-refractivity contribution is 0.0664. The number of carbonyl (C=O) groups is 1. The fourth-order valence-corrected chi connectivity index (χ4v) is 4.60. The van der Waals surface area contributed by atoms with Gasteiger partial charge in [0, 0.05) is 16.6 Å². The highest BCUT2D eigenvalue weighted by Crippen LogP contribution is 2.27. The number of para-hydroxylation sites is 1. The van der Waals surface area contributed by atoms with Crippen LogP contribution < -0.4 is 5.56 Å². The van der Waals surface area contributed by atoms with E-state index in [0.717, 1.165) is 10.0 Å². The van der Waals surface area contributed by atoms with E-state index in [2.05, 4.69) is 15.9 Å². The molecule has 1 amide bonds. The second kappa shape index (κ2) is 10.5. The van der Waals surface area contributed by atoms with Gasteiger partial charge in [-0.3, -0.25) is 14.2 Å². The van der Waals surface area contributed by atoms with Crippen molar-refractivity contribution in [2.45, 2.75) is 19.5 Å². The average Bonchev–Trinajstić information content (AvgIpc) is 2.92. The molecule has 5 nitrogen and oxygen atoms in total. The molecule has 0 saturated heterocycles. The number of rotatable bonds is 6. The molecule has 184 valence electrons. The quantitative estimate of drug-likeness (QED) is 0.234. The summed E-state index contributed by atoms with van der Waals surface area (Å²) in [5.41, 5.74) is 2.24. The normalized spacial score (nSPS) is 11.9. The van der Waals surface area contributed by atoms with Crippen LogP contribution in [0, 0.1) is 5.82 Å². The molecule has 0 radical (unpaired) electrons. The molecule has 1 atom stereocenters. The largest absolute Gasteiger partial charge is 0.324 e. The molecule has 0 saturated carbocycles. The maximum Gasteiger partial charge on any atom is 0.266 e. The van der Waals surface area contributed by atoms with Crippen LogP contribution >= 0.6 is 15.9 Å². The molecular weight excluding hydrogens is 533 g/mol. The Morgan fingerprint density at radius 3 is 2.27 bits per heavy atom. The van der Waals surface area contributed by atoms with Gasteiger partial charge in [0.05, 0.1) is 22.6 Å². The number of aromatic nitrogens is 2. The first-order chi connectivity index (χ1) is 17.9. The van der Waals surface area contributed by atoms with E-state index >= 15 is 0 Å². The van der Waals surface area contributed by atoms with Gasteiger partial charge in [0.15, 0.2) is 0 Å². The van der Waals surface area contributed by atoms with Crippen molar-refractivity contribution >= 4 is 32.7 Å². The lowest BCUT2D eigenvalue weighted by Crippen LogP contribution is -2.37. The fraction of sp³-hybridized carbons (Fsp3) is 0.100.